The van der Waals surface area contributed by atoms with Crippen LogP contribution in [0.1, 0.15) is 23.5 Å². The number of carboxylic acid groups (broad SMARTS) is 1. The number of halogens is 3. The molecule has 188 valence electrons. The number of hydrogen-bond acceptors (Lipinski definition) is 5. The number of thioether (sulfide) groups is 1. The van der Waals surface area contributed by atoms with Crippen LogP contribution >= 0.6 is 11.8 Å². The Balaban J connectivity index is 1.72. The fourth-order valence-corrected chi connectivity index (χ4v) is 4.47. The van der Waals surface area contributed by atoms with Crippen LogP contribution in [0, 0.1) is 0 Å². The van der Waals surface area contributed by atoms with Crippen LogP contribution in [0.3, 0.4) is 0 Å². The highest BCUT2D eigenvalue weighted by Gasteiger charge is 2.39. The topological polar surface area (TPSA) is 95.9 Å². The predicted molar refractivity (Wildman–Crippen MR) is 125 cm³/mol. The molecule has 3 rings (SSSR count). The quantitative estimate of drug-likeness (QED) is 0.499. The lowest BCUT2D eigenvalue weighted by molar-refractivity contribution is -0.156. The molecule has 1 atom stereocenters. The van der Waals surface area contributed by atoms with E-state index in [9.17, 15) is 27.6 Å². The normalized spacial score (nSPS) is 13.5. The van der Waals surface area contributed by atoms with Crippen molar-refractivity contribution in [2.24, 2.45) is 0 Å². The van der Waals surface area contributed by atoms with Gasteiger partial charge in [0.05, 0.1) is 6.42 Å². The van der Waals surface area contributed by atoms with Gasteiger partial charge >= 0.3 is 18.2 Å². The maximum Gasteiger partial charge on any atom is 0.407 e. The van der Waals surface area contributed by atoms with E-state index in [0.29, 0.717) is 5.75 Å². The molecule has 0 aliphatic heterocycles. The number of rotatable bonds is 10. The van der Waals surface area contributed by atoms with Gasteiger partial charge in [0.25, 0.3) is 0 Å². The van der Waals surface area contributed by atoms with Gasteiger partial charge in [-0.2, -0.15) is 24.9 Å². The summed E-state index contributed by atoms with van der Waals surface area (Å²) < 4.78 is 44.8. The van der Waals surface area contributed by atoms with Gasteiger partial charge in [-0.25, -0.2) is 4.79 Å². The average molecular weight is 511 g/mol. The maximum absolute atomic E-state index is 13.2. The summed E-state index contributed by atoms with van der Waals surface area (Å²) in [5.41, 5.74) is 3.82. The smallest absolute Gasteiger partial charge is 0.407 e. The minimum Gasteiger partial charge on any atom is -0.480 e. The number of aliphatic carboxylic acids is 1. The van der Waals surface area contributed by atoms with Gasteiger partial charge in [-0.15, -0.1) is 0 Å². The highest BCUT2D eigenvalue weighted by atomic mass is 32.2. The molecule has 0 radical (unpaired) electrons. The number of alkyl carbamates (subject to hydrolysis) is 1. The summed E-state index contributed by atoms with van der Waals surface area (Å²) in [6.45, 7) is -0.995. The zero-order valence-corrected chi connectivity index (χ0v) is 19.7. The Morgan fingerprint density at radius 1 is 1.09 bits per heavy atom. The molecule has 2 amide bonds. The van der Waals surface area contributed by atoms with Gasteiger partial charge in [0.2, 0.25) is 5.91 Å². The van der Waals surface area contributed by atoms with Crippen molar-refractivity contribution in [2.45, 2.75) is 24.6 Å². The SMILES string of the molecule is CSCCN(CC(=O)O)C(=O)C(CC(F)(F)F)NC(=O)OCC1c2ccccc2-c2ccccc21. The first kappa shape index (κ1) is 26.4. The minimum absolute atomic E-state index is 0.0764. The number of alkyl halides is 3. The van der Waals surface area contributed by atoms with E-state index in [0.717, 1.165) is 27.2 Å². The Hall–Kier alpha value is -3.21. The van der Waals surface area contributed by atoms with E-state index in [1.54, 1.807) is 6.26 Å². The number of carbonyl (C=O) groups excluding carboxylic acids is 2. The molecule has 0 spiro atoms. The van der Waals surface area contributed by atoms with E-state index in [-0.39, 0.29) is 19.1 Å². The van der Waals surface area contributed by atoms with Crippen molar-refractivity contribution in [3.63, 3.8) is 0 Å². The van der Waals surface area contributed by atoms with Crippen molar-refractivity contribution >= 4 is 29.7 Å². The van der Waals surface area contributed by atoms with E-state index in [4.69, 9.17) is 9.84 Å². The molecule has 2 aromatic carbocycles. The molecule has 1 aliphatic carbocycles. The average Bonchev–Trinajstić information content (AvgIpc) is 3.12. The number of hydrogen-bond donors (Lipinski definition) is 2. The van der Waals surface area contributed by atoms with Crippen molar-refractivity contribution < 1.29 is 37.4 Å². The third-order valence-electron chi connectivity index (χ3n) is 5.57. The maximum atomic E-state index is 13.2. The van der Waals surface area contributed by atoms with E-state index in [1.807, 2.05) is 53.8 Å². The number of ether oxygens (including phenoxy) is 1. The minimum atomic E-state index is -4.77. The molecule has 0 saturated heterocycles. The Bertz CT molecular complexity index is 1030. The van der Waals surface area contributed by atoms with Crippen LogP contribution in [0.25, 0.3) is 11.1 Å². The Kier molecular flexibility index (Phi) is 8.66. The van der Waals surface area contributed by atoms with Crippen LogP contribution in [0.5, 0.6) is 0 Å². The lowest BCUT2D eigenvalue weighted by Gasteiger charge is -2.27. The summed E-state index contributed by atoms with van der Waals surface area (Å²) in [4.78, 5) is 37.2. The van der Waals surface area contributed by atoms with Crippen LogP contribution in [-0.2, 0) is 14.3 Å². The van der Waals surface area contributed by atoms with Crippen molar-refractivity contribution in [3.8, 4) is 11.1 Å². The molecule has 2 N–H and O–H groups in total. The molecule has 0 bridgehead atoms. The zero-order valence-electron chi connectivity index (χ0n) is 18.9. The Morgan fingerprint density at radius 2 is 1.66 bits per heavy atom. The monoisotopic (exact) mass is 510 g/mol. The van der Waals surface area contributed by atoms with Gasteiger partial charge < -0.3 is 20.1 Å². The molecule has 0 aromatic heterocycles. The summed E-state index contributed by atoms with van der Waals surface area (Å²) in [7, 11) is 0. The molecule has 1 aliphatic rings. The number of nitrogens with one attached hydrogen (secondary N) is 1. The fourth-order valence-electron chi connectivity index (χ4n) is 4.07. The van der Waals surface area contributed by atoms with E-state index in [2.05, 4.69) is 0 Å². The molecule has 2 aromatic rings. The number of carboxylic acids is 1. The zero-order chi connectivity index (χ0) is 25.6. The van der Waals surface area contributed by atoms with Crippen LogP contribution in [0.15, 0.2) is 48.5 Å². The van der Waals surface area contributed by atoms with Crippen molar-refractivity contribution in [3.05, 3.63) is 59.7 Å². The third kappa shape index (κ3) is 6.91. The van der Waals surface area contributed by atoms with Crippen LogP contribution in [0.2, 0.25) is 0 Å². The van der Waals surface area contributed by atoms with Gasteiger partial charge in [0.1, 0.15) is 19.2 Å². The number of nitrogens with zero attached hydrogens (tertiary/aromatic N) is 1. The molecule has 0 saturated carbocycles. The highest BCUT2D eigenvalue weighted by Crippen LogP contribution is 2.44. The van der Waals surface area contributed by atoms with Gasteiger partial charge in [-0.1, -0.05) is 48.5 Å². The van der Waals surface area contributed by atoms with Gasteiger partial charge in [-0.05, 0) is 28.5 Å². The summed E-state index contributed by atoms with van der Waals surface area (Å²) in [6, 6.07) is 13.1. The van der Waals surface area contributed by atoms with E-state index in [1.165, 1.54) is 11.8 Å². The number of carbonyl (C=O) groups is 3. The third-order valence-corrected chi connectivity index (χ3v) is 6.16. The summed E-state index contributed by atoms with van der Waals surface area (Å²) >= 11 is 1.30. The predicted octanol–water partition coefficient (Wildman–Crippen LogP) is 4.12. The largest absolute Gasteiger partial charge is 0.480 e. The molecule has 35 heavy (non-hydrogen) atoms. The summed E-state index contributed by atoms with van der Waals surface area (Å²) in [6.07, 6.45) is -5.89. The Morgan fingerprint density at radius 3 is 2.17 bits per heavy atom. The van der Waals surface area contributed by atoms with Gasteiger partial charge in [0.15, 0.2) is 0 Å². The molecule has 7 nitrogen and oxygen atoms in total. The standard InChI is InChI=1S/C24H25F3N2O5S/c1-35-11-10-29(13-21(30)31)22(32)20(12-24(25,26)27)28-23(33)34-14-19-17-8-4-2-6-15(17)16-7-3-5-9-18(16)19/h2-9,19-20H,10-14H2,1H3,(H,28,33)(H,30,31). The van der Waals surface area contributed by atoms with Crippen molar-refractivity contribution in [1.82, 2.24) is 10.2 Å². The molecular formula is C24H25F3N2O5S. The Labute approximate surface area is 204 Å². The van der Waals surface area contributed by atoms with Gasteiger partial charge in [0, 0.05) is 18.2 Å². The van der Waals surface area contributed by atoms with E-state index >= 15 is 0 Å². The molecular weight excluding hydrogens is 485 g/mol. The lowest BCUT2D eigenvalue weighted by Crippen LogP contribution is -2.52. The van der Waals surface area contributed by atoms with E-state index < -0.39 is 43.2 Å². The van der Waals surface area contributed by atoms with Crippen molar-refractivity contribution in [2.75, 3.05) is 31.7 Å². The molecule has 11 heteroatoms. The first-order chi connectivity index (χ1) is 16.6. The van der Waals surface area contributed by atoms with Crippen LogP contribution < -0.4 is 5.32 Å². The molecule has 0 heterocycles. The summed E-state index contributed by atoms with van der Waals surface area (Å²) in [5, 5.41) is 11.1. The molecule has 1 unspecified atom stereocenters. The first-order valence-corrected chi connectivity index (χ1v) is 12.2. The summed E-state index contributed by atoms with van der Waals surface area (Å²) in [5.74, 6) is -2.49. The second-order valence-electron chi connectivity index (χ2n) is 7.99. The second kappa shape index (κ2) is 11.5. The second-order valence-corrected chi connectivity index (χ2v) is 8.97. The fraction of sp³-hybridized carbons (Fsp3) is 0.375. The number of benzene rings is 2. The number of fused-ring (bicyclic) bond motifs is 3. The lowest BCUT2D eigenvalue weighted by atomic mass is 9.98. The van der Waals surface area contributed by atoms with Crippen LogP contribution in [-0.4, -0.2) is 71.9 Å². The highest BCUT2D eigenvalue weighted by molar-refractivity contribution is 7.98. The first-order valence-electron chi connectivity index (χ1n) is 10.8. The van der Waals surface area contributed by atoms with Gasteiger partial charge in [-0.3, -0.25) is 9.59 Å². The molecule has 0 fully saturated rings. The van der Waals surface area contributed by atoms with Crippen molar-refractivity contribution in [1.29, 1.82) is 0 Å². The number of amides is 2. The van der Waals surface area contributed by atoms with Crippen LogP contribution in [0.4, 0.5) is 18.0 Å².